The second-order valence-electron chi connectivity index (χ2n) is 9.34. The molecule has 0 aliphatic heterocycles. The van der Waals surface area contributed by atoms with Crippen molar-refractivity contribution in [1.29, 1.82) is 0 Å². The number of fused-ring (bicyclic) bond motifs is 2. The molecule has 2 aromatic rings. The first-order chi connectivity index (χ1) is 15.5. The fraction of sp³-hybridized carbons (Fsp3) is 0.375. The first-order valence-electron chi connectivity index (χ1n) is 10.6. The fourth-order valence-electron chi connectivity index (χ4n) is 5.28. The zero-order valence-corrected chi connectivity index (χ0v) is 19.3. The predicted molar refractivity (Wildman–Crippen MR) is 124 cm³/mol. The van der Waals surface area contributed by atoms with Crippen molar-refractivity contribution >= 4 is 40.6 Å². The van der Waals surface area contributed by atoms with Crippen LogP contribution in [0.1, 0.15) is 50.4 Å². The summed E-state index contributed by atoms with van der Waals surface area (Å²) in [6, 6.07) is 12.6. The van der Waals surface area contributed by atoms with Crippen LogP contribution in [0, 0.1) is 26.4 Å². The lowest BCUT2D eigenvalue weighted by atomic mass is 9.64. The molecule has 1 amide bonds. The number of nitrogens with one attached hydrogen (secondary N) is 1. The number of amides is 1. The van der Waals surface area contributed by atoms with Gasteiger partial charge in [0.05, 0.1) is 26.6 Å². The summed E-state index contributed by atoms with van der Waals surface area (Å²) in [5.41, 5.74) is -1.03. The number of carbonyl (C=O) groups excluding carboxylic acids is 2. The maximum atomic E-state index is 13.6. The number of hydrogen-bond donors (Lipinski definition) is 1. The molecule has 2 fully saturated rings. The van der Waals surface area contributed by atoms with Crippen molar-refractivity contribution in [2.75, 3.05) is 5.32 Å². The summed E-state index contributed by atoms with van der Waals surface area (Å²) in [5.74, 6) is -0.969. The molecule has 0 spiro atoms. The molecule has 0 radical (unpaired) electrons. The van der Waals surface area contributed by atoms with Crippen molar-refractivity contribution in [2.24, 2.45) is 21.4 Å². The van der Waals surface area contributed by atoms with Crippen molar-refractivity contribution in [1.82, 2.24) is 0 Å². The standard InChI is InChI=1S/C24H24ClN3O5/c1-22(2)23(3)12-13-24(22,21(30)26-17-10-6-7-11-18(17)28(31)32)14-19(23)27-33-20(29)15-8-4-5-9-16(15)25/h4-11H,12-14H2,1-3H3,(H,26,30). The summed E-state index contributed by atoms with van der Waals surface area (Å²) >= 11 is 6.08. The van der Waals surface area contributed by atoms with E-state index in [0.29, 0.717) is 25.0 Å². The third-order valence-corrected chi connectivity index (χ3v) is 8.18. The van der Waals surface area contributed by atoms with Crippen molar-refractivity contribution in [2.45, 2.75) is 40.0 Å². The van der Waals surface area contributed by atoms with E-state index < -0.39 is 27.1 Å². The van der Waals surface area contributed by atoms with Crippen molar-refractivity contribution in [3.63, 3.8) is 0 Å². The zero-order valence-electron chi connectivity index (χ0n) is 18.6. The maximum absolute atomic E-state index is 13.6. The number of nitro groups is 1. The van der Waals surface area contributed by atoms with Crippen LogP contribution in [-0.2, 0) is 9.63 Å². The molecule has 9 heteroatoms. The molecule has 172 valence electrons. The maximum Gasteiger partial charge on any atom is 0.367 e. The Kier molecular flexibility index (Phi) is 5.52. The van der Waals surface area contributed by atoms with Gasteiger partial charge in [0.1, 0.15) is 5.69 Å². The number of nitrogens with zero attached hydrogens (tertiary/aromatic N) is 2. The van der Waals surface area contributed by atoms with E-state index in [2.05, 4.69) is 10.5 Å². The molecule has 0 heterocycles. The highest BCUT2D eigenvalue weighted by atomic mass is 35.5. The van der Waals surface area contributed by atoms with E-state index in [-0.39, 0.29) is 27.9 Å². The smallest absolute Gasteiger partial charge is 0.320 e. The Morgan fingerprint density at radius 1 is 1.09 bits per heavy atom. The van der Waals surface area contributed by atoms with E-state index >= 15 is 0 Å². The predicted octanol–water partition coefficient (Wildman–Crippen LogP) is 5.62. The van der Waals surface area contributed by atoms with Crippen molar-refractivity contribution in [3.05, 3.63) is 69.2 Å². The molecule has 2 aliphatic rings. The van der Waals surface area contributed by atoms with Gasteiger partial charge in [-0.2, -0.15) is 0 Å². The molecule has 0 aromatic heterocycles. The van der Waals surface area contributed by atoms with Crippen molar-refractivity contribution < 1.29 is 19.3 Å². The Labute approximate surface area is 196 Å². The van der Waals surface area contributed by atoms with E-state index in [1.807, 2.05) is 20.8 Å². The molecule has 1 N–H and O–H groups in total. The highest BCUT2D eigenvalue weighted by Gasteiger charge is 2.71. The number of benzene rings is 2. The molecule has 8 nitrogen and oxygen atoms in total. The van der Waals surface area contributed by atoms with E-state index in [1.165, 1.54) is 12.1 Å². The minimum Gasteiger partial charge on any atom is -0.320 e. The van der Waals surface area contributed by atoms with Crippen LogP contribution in [0.2, 0.25) is 5.02 Å². The number of nitro benzene ring substituents is 1. The number of oxime groups is 1. The van der Waals surface area contributed by atoms with Gasteiger partial charge in [0.25, 0.3) is 5.69 Å². The fourth-order valence-corrected chi connectivity index (χ4v) is 5.49. The summed E-state index contributed by atoms with van der Waals surface area (Å²) in [4.78, 5) is 42.2. The molecule has 33 heavy (non-hydrogen) atoms. The quantitative estimate of drug-likeness (QED) is 0.347. The molecule has 2 unspecified atom stereocenters. The molecule has 2 atom stereocenters. The number of rotatable bonds is 5. The van der Waals surface area contributed by atoms with Gasteiger partial charge in [-0.15, -0.1) is 0 Å². The average Bonchev–Trinajstić information content (AvgIpc) is 3.08. The minimum atomic E-state index is -0.846. The third kappa shape index (κ3) is 3.40. The largest absolute Gasteiger partial charge is 0.367 e. The molecular weight excluding hydrogens is 446 g/mol. The van der Waals surface area contributed by atoms with Crippen LogP contribution in [0.3, 0.4) is 0 Å². The van der Waals surface area contributed by atoms with Crippen molar-refractivity contribution in [3.8, 4) is 0 Å². The van der Waals surface area contributed by atoms with Gasteiger partial charge in [-0.1, -0.05) is 61.8 Å². The molecule has 2 aromatic carbocycles. The summed E-state index contributed by atoms with van der Waals surface area (Å²) in [5, 5.41) is 18.6. The number of carbonyl (C=O) groups is 2. The summed E-state index contributed by atoms with van der Waals surface area (Å²) in [6.45, 7) is 6.01. The molecule has 2 bridgehead atoms. The van der Waals surface area contributed by atoms with Gasteiger partial charge in [0, 0.05) is 17.9 Å². The Morgan fingerprint density at radius 3 is 2.45 bits per heavy atom. The van der Waals surface area contributed by atoms with Gasteiger partial charge in [-0.3, -0.25) is 14.9 Å². The third-order valence-electron chi connectivity index (χ3n) is 7.85. The van der Waals surface area contributed by atoms with Gasteiger partial charge in [0.2, 0.25) is 5.91 Å². The first-order valence-corrected chi connectivity index (χ1v) is 11.0. The van der Waals surface area contributed by atoms with Crippen LogP contribution in [0.4, 0.5) is 11.4 Å². The lowest BCUT2D eigenvalue weighted by Gasteiger charge is -2.39. The lowest BCUT2D eigenvalue weighted by molar-refractivity contribution is -0.383. The second-order valence-corrected chi connectivity index (χ2v) is 9.75. The Hall–Kier alpha value is -3.26. The number of para-hydroxylation sites is 2. The van der Waals surface area contributed by atoms with Crippen LogP contribution in [0.15, 0.2) is 53.7 Å². The normalized spacial score (nSPS) is 26.2. The number of halogens is 1. The Balaban J connectivity index is 1.62. The Bertz CT molecular complexity index is 1190. The van der Waals surface area contributed by atoms with Crippen LogP contribution < -0.4 is 5.32 Å². The highest BCUT2D eigenvalue weighted by Crippen LogP contribution is 2.71. The highest BCUT2D eigenvalue weighted by molar-refractivity contribution is 6.33. The molecule has 0 saturated heterocycles. The van der Waals surface area contributed by atoms with Gasteiger partial charge >= 0.3 is 5.97 Å². The molecular formula is C24H24ClN3O5. The molecule has 2 saturated carbocycles. The van der Waals surface area contributed by atoms with Crippen LogP contribution in [-0.4, -0.2) is 22.5 Å². The van der Waals surface area contributed by atoms with Gasteiger partial charge in [-0.25, -0.2) is 4.79 Å². The Morgan fingerprint density at radius 2 is 1.76 bits per heavy atom. The zero-order chi connectivity index (χ0) is 24.0. The van der Waals surface area contributed by atoms with E-state index in [1.54, 1.807) is 36.4 Å². The summed E-state index contributed by atoms with van der Waals surface area (Å²) in [6.07, 6.45) is 1.56. The topological polar surface area (TPSA) is 111 Å². The lowest BCUT2D eigenvalue weighted by Crippen LogP contribution is -2.43. The second kappa shape index (κ2) is 7.95. The minimum absolute atomic E-state index is 0.154. The van der Waals surface area contributed by atoms with Crippen LogP contribution >= 0.6 is 11.6 Å². The van der Waals surface area contributed by atoms with Gasteiger partial charge in [-0.05, 0) is 36.5 Å². The van der Waals surface area contributed by atoms with Gasteiger partial charge < -0.3 is 10.2 Å². The van der Waals surface area contributed by atoms with E-state index in [0.717, 1.165) is 0 Å². The molecule has 2 aliphatic carbocycles. The monoisotopic (exact) mass is 469 g/mol. The number of hydrogen-bond acceptors (Lipinski definition) is 6. The van der Waals surface area contributed by atoms with Crippen LogP contribution in [0.5, 0.6) is 0 Å². The van der Waals surface area contributed by atoms with Crippen LogP contribution in [0.25, 0.3) is 0 Å². The van der Waals surface area contributed by atoms with Gasteiger partial charge in [0.15, 0.2) is 0 Å². The first kappa shape index (κ1) is 22.9. The summed E-state index contributed by atoms with van der Waals surface area (Å²) < 4.78 is 0. The number of anilines is 1. The average molecular weight is 470 g/mol. The van der Waals surface area contributed by atoms with E-state index in [4.69, 9.17) is 16.4 Å². The summed E-state index contributed by atoms with van der Waals surface area (Å²) in [7, 11) is 0. The molecule has 4 rings (SSSR count). The van der Waals surface area contributed by atoms with E-state index in [9.17, 15) is 19.7 Å². The SMILES string of the molecule is CC12CCC(C(=O)Nc3ccccc3[N+](=O)[O-])(CC1=NOC(=O)c1ccccc1Cl)C2(C)C.